The molecule has 10 nitrogen and oxygen atoms in total. The van der Waals surface area contributed by atoms with Crippen molar-refractivity contribution in [3.8, 4) is 0 Å². The molecule has 2 aromatic heterocycles. The molecule has 30 heavy (non-hydrogen) atoms. The van der Waals surface area contributed by atoms with E-state index in [1.54, 1.807) is 20.5 Å². The Bertz CT molecular complexity index is 860. The fourth-order valence-corrected chi connectivity index (χ4v) is 3.45. The molecule has 3 rings (SSSR count). The summed E-state index contributed by atoms with van der Waals surface area (Å²) in [4.78, 5) is 23.5. The minimum absolute atomic E-state index is 0. The quantitative estimate of drug-likeness (QED) is 0.337. The monoisotopic (exact) mass is 529 g/mol. The molecule has 0 saturated carbocycles. The van der Waals surface area contributed by atoms with Gasteiger partial charge in [-0.3, -0.25) is 19.2 Å². The molecule has 1 aliphatic heterocycles. The Morgan fingerprint density at radius 1 is 1.20 bits per heavy atom. The molecule has 1 saturated heterocycles. The van der Waals surface area contributed by atoms with Gasteiger partial charge in [0.2, 0.25) is 5.91 Å². The van der Waals surface area contributed by atoms with E-state index in [1.807, 2.05) is 58.6 Å². The van der Waals surface area contributed by atoms with E-state index in [2.05, 4.69) is 20.4 Å². The molecule has 0 spiro atoms. The SMILES string of the molecule is CCNC(=NCC(c1cnn(C)c1)N(C)C)N1CCN(c2cnn(C)c2)C(=O)C1.I. The topological polar surface area (TPSA) is 86.8 Å². The molecular formula is C19H32IN9O. The Balaban J connectivity index is 0.00000320. The number of aryl methyl sites for hydroxylation is 2. The van der Waals surface area contributed by atoms with Crippen molar-refractivity contribution in [1.82, 2.24) is 34.7 Å². The summed E-state index contributed by atoms with van der Waals surface area (Å²) >= 11 is 0. The number of halogens is 1. The van der Waals surface area contributed by atoms with Crippen LogP contribution in [-0.2, 0) is 18.9 Å². The van der Waals surface area contributed by atoms with Gasteiger partial charge < -0.3 is 20.0 Å². The Hall–Kier alpha value is -2.15. The van der Waals surface area contributed by atoms with Crippen molar-refractivity contribution in [2.24, 2.45) is 19.1 Å². The molecular weight excluding hydrogens is 497 g/mol. The molecule has 2 aromatic rings. The van der Waals surface area contributed by atoms with Gasteiger partial charge in [0.25, 0.3) is 0 Å². The number of anilines is 1. The first-order valence-corrected chi connectivity index (χ1v) is 9.86. The number of aromatic nitrogens is 4. The van der Waals surface area contributed by atoms with E-state index in [0.29, 0.717) is 26.2 Å². The van der Waals surface area contributed by atoms with Gasteiger partial charge in [-0.2, -0.15) is 10.2 Å². The van der Waals surface area contributed by atoms with Crippen molar-refractivity contribution in [1.29, 1.82) is 0 Å². The van der Waals surface area contributed by atoms with E-state index in [0.717, 1.165) is 23.8 Å². The summed E-state index contributed by atoms with van der Waals surface area (Å²) < 4.78 is 3.51. The van der Waals surface area contributed by atoms with Crippen molar-refractivity contribution in [2.75, 3.05) is 51.7 Å². The molecule has 0 aromatic carbocycles. The summed E-state index contributed by atoms with van der Waals surface area (Å²) in [7, 11) is 7.84. The Kier molecular flexibility index (Phi) is 8.65. The predicted molar refractivity (Wildman–Crippen MR) is 128 cm³/mol. The number of carbonyl (C=O) groups is 1. The first kappa shape index (κ1) is 24.1. The lowest BCUT2D eigenvalue weighted by Gasteiger charge is -2.35. The number of piperazine rings is 1. The summed E-state index contributed by atoms with van der Waals surface area (Å²) in [5.74, 6) is 0.814. The highest BCUT2D eigenvalue weighted by Crippen LogP contribution is 2.19. The Labute approximate surface area is 194 Å². The summed E-state index contributed by atoms with van der Waals surface area (Å²) in [6.45, 7) is 4.97. The van der Waals surface area contributed by atoms with Gasteiger partial charge in [-0.15, -0.1) is 24.0 Å². The summed E-state index contributed by atoms with van der Waals surface area (Å²) in [6.07, 6.45) is 7.48. The van der Waals surface area contributed by atoms with Crippen LogP contribution >= 0.6 is 24.0 Å². The highest BCUT2D eigenvalue weighted by molar-refractivity contribution is 14.0. The fourth-order valence-electron chi connectivity index (χ4n) is 3.45. The van der Waals surface area contributed by atoms with E-state index in [-0.39, 0.29) is 35.9 Å². The lowest BCUT2D eigenvalue weighted by molar-refractivity contribution is -0.120. The number of hydrogen-bond acceptors (Lipinski definition) is 5. The second-order valence-corrected chi connectivity index (χ2v) is 7.46. The minimum Gasteiger partial charge on any atom is -0.357 e. The number of likely N-dealkylation sites (N-methyl/N-ethyl adjacent to an activating group) is 1. The number of rotatable bonds is 6. The molecule has 0 aliphatic carbocycles. The molecule has 0 radical (unpaired) electrons. The maximum absolute atomic E-state index is 12.7. The van der Waals surface area contributed by atoms with E-state index >= 15 is 0 Å². The van der Waals surface area contributed by atoms with Crippen molar-refractivity contribution >= 4 is 41.5 Å². The van der Waals surface area contributed by atoms with Crippen LogP contribution in [0.2, 0.25) is 0 Å². The predicted octanol–water partition coefficient (Wildman–Crippen LogP) is 0.689. The lowest BCUT2D eigenvalue weighted by atomic mass is 10.1. The molecule has 1 aliphatic rings. The van der Waals surface area contributed by atoms with Crippen LogP contribution < -0.4 is 10.2 Å². The summed E-state index contributed by atoms with van der Waals surface area (Å²) in [5, 5.41) is 11.8. The fraction of sp³-hybridized carbons (Fsp3) is 0.579. The summed E-state index contributed by atoms with van der Waals surface area (Å²) in [5.41, 5.74) is 1.96. The van der Waals surface area contributed by atoms with Gasteiger partial charge in [0.1, 0.15) is 6.54 Å². The highest BCUT2D eigenvalue weighted by atomic mass is 127. The third-order valence-electron chi connectivity index (χ3n) is 5.01. The number of aliphatic imine (C=N–C) groups is 1. The lowest BCUT2D eigenvalue weighted by Crippen LogP contribution is -2.55. The first-order chi connectivity index (χ1) is 13.9. The van der Waals surface area contributed by atoms with Crippen LogP contribution in [0, 0.1) is 0 Å². The number of guanidine groups is 1. The van der Waals surface area contributed by atoms with E-state index in [4.69, 9.17) is 4.99 Å². The largest absolute Gasteiger partial charge is 0.357 e. The Morgan fingerprint density at radius 2 is 1.90 bits per heavy atom. The molecule has 166 valence electrons. The van der Waals surface area contributed by atoms with Crippen LogP contribution in [0.3, 0.4) is 0 Å². The number of nitrogens with zero attached hydrogens (tertiary/aromatic N) is 8. The minimum atomic E-state index is 0. The summed E-state index contributed by atoms with van der Waals surface area (Å²) in [6, 6.07) is 0.115. The van der Waals surface area contributed by atoms with Gasteiger partial charge in [-0.05, 0) is 21.0 Å². The maximum Gasteiger partial charge on any atom is 0.246 e. The molecule has 3 heterocycles. The van der Waals surface area contributed by atoms with Crippen molar-refractivity contribution in [2.45, 2.75) is 13.0 Å². The third-order valence-corrected chi connectivity index (χ3v) is 5.01. The number of hydrogen-bond donors (Lipinski definition) is 1. The van der Waals surface area contributed by atoms with Crippen LogP contribution in [-0.4, -0.2) is 88.0 Å². The smallest absolute Gasteiger partial charge is 0.246 e. The zero-order valence-electron chi connectivity index (χ0n) is 18.3. The molecule has 1 N–H and O–H groups in total. The normalized spacial score (nSPS) is 16.1. The molecule has 1 fully saturated rings. The molecule has 0 bridgehead atoms. The number of carbonyl (C=O) groups excluding carboxylic acids is 1. The van der Waals surface area contributed by atoms with E-state index in [1.165, 1.54) is 0 Å². The Morgan fingerprint density at radius 3 is 2.43 bits per heavy atom. The second-order valence-electron chi connectivity index (χ2n) is 7.46. The van der Waals surface area contributed by atoms with Crippen LogP contribution in [0.15, 0.2) is 29.8 Å². The van der Waals surface area contributed by atoms with Crippen molar-refractivity contribution < 1.29 is 4.79 Å². The number of nitrogens with one attached hydrogen (secondary N) is 1. The standard InChI is InChI=1S/C19H31N9O.HI/c1-6-20-19(21-11-17(24(2)3)15-9-22-25(4)12-15)27-7-8-28(18(29)14-27)16-10-23-26(5)13-16;/h9-10,12-13,17H,6-8,11,14H2,1-5H3,(H,20,21);1H. The third kappa shape index (κ3) is 5.72. The first-order valence-electron chi connectivity index (χ1n) is 9.86. The average molecular weight is 529 g/mol. The molecule has 1 unspecified atom stereocenters. The van der Waals surface area contributed by atoms with Crippen LogP contribution in [0.1, 0.15) is 18.5 Å². The van der Waals surface area contributed by atoms with Gasteiger partial charge in [0.05, 0.1) is 30.7 Å². The van der Waals surface area contributed by atoms with E-state index < -0.39 is 0 Å². The zero-order chi connectivity index (χ0) is 21.0. The van der Waals surface area contributed by atoms with Crippen LogP contribution in [0.5, 0.6) is 0 Å². The van der Waals surface area contributed by atoms with Crippen molar-refractivity contribution in [3.05, 3.63) is 30.4 Å². The van der Waals surface area contributed by atoms with Crippen LogP contribution in [0.25, 0.3) is 0 Å². The van der Waals surface area contributed by atoms with Gasteiger partial charge in [-0.25, -0.2) is 0 Å². The van der Waals surface area contributed by atoms with Gasteiger partial charge in [0, 0.05) is 51.7 Å². The van der Waals surface area contributed by atoms with Gasteiger partial charge in [-0.1, -0.05) is 0 Å². The molecule has 1 atom stereocenters. The van der Waals surface area contributed by atoms with Crippen LogP contribution in [0.4, 0.5) is 5.69 Å². The van der Waals surface area contributed by atoms with Gasteiger partial charge >= 0.3 is 0 Å². The highest BCUT2D eigenvalue weighted by Gasteiger charge is 2.28. The van der Waals surface area contributed by atoms with Crippen molar-refractivity contribution in [3.63, 3.8) is 0 Å². The zero-order valence-corrected chi connectivity index (χ0v) is 20.6. The maximum atomic E-state index is 12.7. The average Bonchev–Trinajstić information content (AvgIpc) is 3.29. The number of amides is 1. The molecule has 11 heteroatoms. The van der Waals surface area contributed by atoms with E-state index in [9.17, 15) is 4.79 Å². The molecule has 1 amide bonds. The second kappa shape index (κ2) is 10.8. The van der Waals surface area contributed by atoms with Gasteiger partial charge in [0.15, 0.2) is 5.96 Å².